The van der Waals surface area contributed by atoms with E-state index < -0.39 is 0 Å². The molecule has 3 aromatic rings. The van der Waals surface area contributed by atoms with Crippen molar-refractivity contribution in [1.29, 1.82) is 0 Å². The lowest BCUT2D eigenvalue weighted by Gasteiger charge is -2.27. The van der Waals surface area contributed by atoms with Gasteiger partial charge in [-0.3, -0.25) is 5.32 Å². The lowest BCUT2D eigenvalue weighted by molar-refractivity contribution is 0.232. The average molecular weight is 474 g/mol. The molecule has 0 saturated carbocycles. The minimum absolute atomic E-state index is 0. The number of nitrogens with one attached hydrogen (secondary N) is 3. The number of nitrogens with zero attached hydrogens (tertiary/aromatic N) is 2. The number of urea groups is 1. The van der Waals surface area contributed by atoms with Gasteiger partial charge < -0.3 is 15.4 Å². The van der Waals surface area contributed by atoms with Crippen molar-refractivity contribution in [2.75, 3.05) is 18.5 Å². The molecule has 3 heterocycles. The maximum absolute atomic E-state index is 12.6. The van der Waals surface area contributed by atoms with Crippen LogP contribution in [0.4, 0.5) is 10.6 Å². The second-order valence-electron chi connectivity index (χ2n) is 7.83. The van der Waals surface area contributed by atoms with Gasteiger partial charge in [0.25, 0.3) is 0 Å². The highest BCUT2D eigenvalue weighted by Crippen LogP contribution is 2.37. The van der Waals surface area contributed by atoms with E-state index in [1.807, 2.05) is 18.3 Å². The zero-order valence-corrected chi connectivity index (χ0v) is 19.0. The van der Waals surface area contributed by atoms with Crippen LogP contribution in [-0.2, 0) is 0 Å². The summed E-state index contributed by atoms with van der Waals surface area (Å²) in [5, 5.41) is 14.4. The lowest BCUT2D eigenvalue weighted by Crippen LogP contribution is -2.35. The number of para-hydroxylation sites is 1. The first-order chi connectivity index (χ1) is 15.2. The van der Waals surface area contributed by atoms with Gasteiger partial charge in [-0.25, -0.2) is 9.48 Å². The van der Waals surface area contributed by atoms with Gasteiger partial charge in [0.15, 0.2) is 5.82 Å². The Morgan fingerprint density at radius 3 is 2.78 bits per heavy atom. The smallest absolute Gasteiger partial charge is 0.320 e. The molecule has 9 heteroatoms. The number of ether oxygens (including phenoxy) is 1. The van der Waals surface area contributed by atoms with Crippen LogP contribution in [0.2, 0.25) is 5.02 Å². The van der Waals surface area contributed by atoms with Gasteiger partial charge in [-0.15, -0.1) is 17.5 Å². The zero-order chi connectivity index (χ0) is 21.2. The topological polar surface area (TPSA) is 80.2 Å². The molecule has 2 aliphatic rings. The molecule has 5 rings (SSSR count). The summed E-state index contributed by atoms with van der Waals surface area (Å²) in [5.41, 5.74) is 3.13. The Morgan fingerprint density at radius 2 is 2.00 bits per heavy atom. The third kappa shape index (κ3) is 4.70. The lowest BCUT2D eigenvalue weighted by atomic mass is 10.0. The van der Waals surface area contributed by atoms with Crippen LogP contribution in [0, 0.1) is 0 Å². The van der Waals surface area contributed by atoms with Gasteiger partial charge in [0.2, 0.25) is 0 Å². The monoisotopic (exact) mass is 473 g/mol. The number of halogens is 2. The van der Waals surface area contributed by atoms with E-state index in [-0.39, 0.29) is 24.5 Å². The highest BCUT2D eigenvalue weighted by molar-refractivity contribution is 6.32. The van der Waals surface area contributed by atoms with Crippen molar-refractivity contribution in [2.24, 2.45) is 0 Å². The summed E-state index contributed by atoms with van der Waals surface area (Å²) in [7, 11) is 0. The summed E-state index contributed by atoms with van der Waals surface area (Å²) in [6.07, 6.45) is 4.91. The minimum atomic E-state index is -0.314. The van der Waals surface area contributed by atoms with Crippen LogP contribution < -0.4 is 20.7 Å². The quantitative estimate of drug-likeness (QED) is 0.496. The SMILES string of the molecule is Cl.O=C(Nc1ccn(-c2ccc(C3CCCN3)cc2)n1)N[C@H]1CCOc2c(Cl)cccc21. The molecular formula is C23H25Cl2N5O2. The third-order valence-corrected chi connectivity index (χ3v) is 6.08. The number of aromatic nitrogens is 2. The Kier molecular flexibility index (Phi) is 6.89. The van der Waals surface area contributed by atoms with Crippen molar-refractivity contribution < 1.29 is 9.53 Å². The first-order valence-electron chi connectivity index (χ1n) is 10.6. The first-order valence-corrected chi connectivity index (χ1v) is 10.9. The highest BCUT2D eigenvalue weighted by atomic mass is 35.5. The summed E-state index contributed by atoms with van der Waals surface area (Å²) >= 11 is 6.21. The molecule has 0 spiro atoms. The first kappa shape index (κ1) is 22.5. The van der Waals surface area contributed by atoms with Crippen LogP contribution in [0.5, 0.6) is 5.75 Å². The Bertz CT molecular complexity index is 1080. The highest BCUT2D eigenvalue weighted by Gasteiger charge is 2.25. The second-order valence-corrected chi connectivity index (χ2v) is 8.24. The zero-order valence-electron chi connectivity index (χ0n) is 17.4. The van der Waals surface area contributed by atoms with Crippen LogP contribution in [0.3, 0.4) is 0 Å². The van der Waals surface area contributed by atoms with Gasteiger partial charge in [-0.05, 0) is 43.1 Å². The molecule has 1 unspecified atom stereocenters. The van der Waals surface area contributed by atoms with Crippen LogP contribution in [0.25, 0.3) is 5.69 Å². The van der Waals surface area contributed by atoms with Crippen LogP contribution in [0.1, 0.15) is 42.5 Å². The van der Waals surface area contributed by atoms with E-state index in [4.69, 9.17) is 16.3 Å². The molecule has 0 radical (unpaired) electrons. The van der Waals surface area contributed by atoms with E-state index in [9.17, 15) is 4.79 Å². The maximum atomic E-state index is 12.6. The van der Waals surface area contributed by atoms with Gasteiger partial charge in [0.1, 0.15) is 5.75 Å². The standard InChI is InChI=1S/C23H24ClN5O2.ClH/c24-18-4-1-3-17-20(11-14-31-22(17)18)26-23(30)27-21-10-13-29(28-21)16-8-6-15(7-9-16)19-5-2-12-25-19;/h1,3-4,6-10,13,19-20,25H,2,5,11-12,14H2,(H2,26,27,28,30);1H/t19?,20-;/m0./s1. The summed E-state index contributed by atoms with van der Waals surface area (Å²) in [4.78, 5) is 12.6. The Morgan fingerprint density at radius 1 is 1.16 bits per heavy atom. The molecule has 1 saturated heterocycles. The molecule has 0 aliphatic carbocycles. The summed E-state index contributed by atoms with van der Waals surface area (Å²) < 4.78 is 7.41. The van der Waals surface area contributed by atoms with Crippen molar-refractivity contribution in [3.8, 4) is 11.4 Å². The Hall–Kier alpha value is -2.74. The predicted octanol–water partition coefficient (Wildman–Crippen LogP) is 5.02. The van der Waals surface area contributed by atoms with Gasteiger partial charge in [0, 0.05) is 30.3 Å². The molecule has 168 valence electrons. The fourth-order valence-corrected chi connectivity index (χ4v) is 4.45. The molecule has 1 fully saturated rings. The number of carbonyl (C=O) groups is 1. The Labute approximate surface area is 197 Å². The molecule has 32 heavy (non-hydrogen) atoms. The molecule has 2 amide bonds. The van der Waals surface area contributed by atoms with Crippen molar-refractivity contribution in [1.82, 2.24) is 20.4 Å². The van der Waals surface area contributed by atoms with E-state index in [1.54, 1.807) is 16.8 Å². The molecule has 2 atom stereocenters. The number of rotatable bonds is 4. The summed E-state index contributed by atoms with van der Waals surface area (Å²) in [5.74, 6) is 1.12. The van der Waals surface area contributed by atoms with Crippen molar-refractivity contribution in [3.05, 3.63) is 70.9 Å². The van der Waals surface area contributed by atoms with E-state index in [1.165, 1.54) is 18.4 Å². The fraction of sp³-hybridized carbons (Fsp3) is 0.304. The van der Waals surface area contributed by atoms with Gasteiger partial charge in [0.05, 0.1) is 23.4 Å². The second kappa shape index (κ2) is 9.81. The van der Waals surface area contributed by atoms with E-state index >= 15 is 0 Å². The van der Waals surface area contributed by atoms with Gasteiger partial charge >= 0.3 is 6.03 Å². The largest absolute Gasteiger partial charge is 0.492 e. The van der Waals surface area contributed by atoms with Crippen LogP contribution in [-0.4, -0.2) is 29.0 Å². The van der Waals surface area contributed by atoms with Gasteiger partial charge in [-0.1, -0.05) is 35.9 Å². The number of anilines is 1. The molecule has 3 N–H and O–H groups in total. The molecular weight excluding hydrogens is 449 g/mol. The number of benzene rings is 2. The normalized spacial score (nSPS) is 19.4. The van der Waals surface area contributed by atoms with E-state index in [0.29, 0.717) is 35.7 Å². The predicted molar refractivity (Wildman–Crippen MR) is 127 cm³/mol. The number of carbonyl (C=O) groups excluding carboxylic acids is 1. The molecule has 1 aromatic heterocycles. The molecule has 2 aromatic carbocycles. The average Bonchev–Trinajstić information content (AvgIpc) is 3.47. The van der Waals surface area contributed by atoms with Crippen molar-refractivity contribution >= 4 is 35.9 Å². The Balaban J connectivity index is 0.00000245. The number of hydrogen-bond donors (Lipinski definition) is 3. The van der Waals surface area contributed by atoms with Gasteiger partial charge in [-0.2, -0.15) is 0 Å². The maximum Gasteiger partial charge on any atom is 0.320 e. The van der Waals surface area contributed by atoms with Crippen LogP contribution >= 0.6 is 24.0 Å². The van der Waals surface area contributed by atoms with Crippen molar-refractivity contribution in [2.45, 2.75) is 31.3 Å². The summed E-state index contributed by atoms with van der Waals surface area (Å²) in [6.45, 7) is 1.58. The minimum Gasteiger partial charge on any atom is -0.492 e. The number of amides is 2. The summed E-state index contributed by atoms with van der Waals surface area (Å²) in [6, 6.07) is 15.7. The third-order valence-electron chi connectivity index (χ3n) is 5.78. The van der Waals surface area contributed by atoms with Crippen LogP contribution in [0.15, 0.2) is 54.7 Å². The number of hydrogen-bond acceptors (Lipinski definition) is 4. The molecule has 0 bridgehead atoms. The molecule has 2 aliphatic heterocycles. The number of fused-ring (bicyclic) bond motifs is 1. The fourth-order valence-electron chi connectivity index (χ4n) is 4.21. The van der Waals surface area contributed by atoms with Crippen molar-refractivity contribution in [3.63, 3.8) is 0 Å². The van der Waals surface area contributed by atoms with E-state index in [2.05, 4.69) is 45.3 Å². The molecule has 7 nitrogen and oxygen atoms in total. The van der Waals surface area contributed by atoms with E-state index in [0.717, 1.165) is 17.8 Å².